The standard InChI is InChI=1S/C6H12O2Si/c1-2-6(8-9)3-4-7-5-6/h2H,1,3-5H2,9H3. The molecule has 1 fully saturated rings. The quantitative estimate of drug-likeness (QED) is 0.389. The molecule has 1 saturated heterocycles. The van der Waals surface area contributed by atoms with Gasteiger partial charge in [-0.25, -0.2) is 0 Å². The molecule has 1 rings (SSSR count). The van der Waals surface area contributed by atoms with Gasteiger partial charge in [0.15, 0.2) is 0 Å². The summed E-state index contributed by atoms with van der Waals surface area (Å²) in [6.07, 6.45) is 2.83. The van der Waals surface area contributed by atoms with Gasteiger partial charge in [0.25, 0.3) is 0 Å². The fraction of sp³-hybridized carbons (Fsp3) is 0.667. The molecule has 0 aliphatic carbocycles. The normalized spacial score (nSPS) is 35.1. The summed E-state index contributed by atoms with van der Waals surface area (Å²) in [5.74, 6) is 0. The van der Waals surface area contributed by atoms with E-state index in [2.05, 4.69) is 6.58 Å². The van der Waals surface area contributed by atoms with Gasteiger partial charge in [-0.05, 0) is 0 Å². The average molecular weight is 144 g/mol. The summed E-state index contributed by atoms with van der Waals surface area (Å²) >= 11 is 0. The molecule has 0 bridgehead atoms. The minimum atomic E-state index is -0.119. The Kier molecular flexibility index (Phi) is 2.05. The largest absolute Gasteiger partial charge is 0.417 e. The van der Waals surface area contributed by atoms with Crippen LogP contribution in [0.2, 0.25) is 0 Å². The zero-order valence-electron chi connectivity index (χ0n) is 5.72. The predicted octanol–water partition coefficient (Wildman–Crippen LogP) is -0.372. The number of hydrogen-bond donors (Lipinski definition) is 0. The molecule has 1 aliphatic rings. The third-order valence-electron chi connectivity index (χ3n) is 1.79. The minimum Gasteiger partial charge on any atom is -0.417 e. The predicted molar refractivity (Wildman–Crippen MR) is 39.4 cm³/mol. The highest BCUT2D eigenvalue weighted by molar-refractivity contribution is 5.98. The monoisotopic (exact) mass is 144 g/mol. The molecule has 0 N–H and O–H groups in total. The first-order chi connectivity index (χ1) is 4.33. The molecule has 0 radical (unpaired) electrons. The highest BCUT2D eigenvalue weighted by Crippen LogP contribution is 2.22. The van der Waals surface area contributed by atoms with Gasteiger partial charge in [-0.2, -0.15) is 0 Å². The first-order valence-electron chi connectivity index (χ1n) is 3.09. The van der Waals surface area contributed by atoms with Gasteiger partial charge in [0.1, 0.15) is 10.5 Å². The topological polar surface area (TPSA) is 18.5 Å². The summed E-state index contributed by atoms with van der Waals surface area (Å²) in [6, 6.07) is 0. The van der Waals surface area contributed by atoms with Crippen molar-refractivity contribution >= 4 is 10.5 Å². The van der Waals surface area contributed by atoms with Crippen LogP contribution in [-0.2, 0) is 9.16 Å². The maximum Gasteiger partial charge on any atom is 0.147 e. The maximum atomic E-state index is 5.34. The van der Waals surface area contributed by atoms with Crippen molar-refractivity contribution in [2.45, 2.75) is 12.0 Å². The van der Waals surface area contributed by atoms with Gasteiger partial charge in [0.05, 0.1) is 12.2 Å². The van der Waals surface area contributed by atoms with Crippen LogP contribution in [-0.4, -0.2) is 29.3 Å². The van der Waals surface area contributed by atoms with Crippen LogP contribution < -0.4 is 0 Å². The van der Waals surface area contributed by atoms with E-state index < -0.39 is 0 Å². The van der Waals surface area contributed by atoms with Gasteiger partial charge < -0.3 is 9.16 Å². The smallest absolute Gasteiger partial charge is 0.147 e. The van der Waals surface area contributed by atoms with Crippen LogP contribution in [0, 0.1) is 0 Å². The third kappa shape index (κ3) is 1.23. The zero-order valence-corrected chi connectivity index (χ0v) is 7.72. The van der Waals surface area contributed by atoms with Crippen LogP contribution in [0.5, 0.6) is 0 Å². The molecule has 1 aliphatic heterocycles. The summed E-state index contributed by atoms with van der Waals surface area (Å²) in [7, 11) is 0.764. The second kappa shape index (κ2) is 2.64. The molecule has 1 unspecified atom stereocenters. The van der Waals surface area contributed by atoms with Crippen LogP contribution in [0.3, 0.4) is 0 Å². The van der Waals surface area contributed by atoms with Crippen molar-refractivity contribution in [1.29, 1.82) is 0 Å². The Morgan fingerprint density at radius 3 is 2.78 bits per heavy atom. The SMILES string of the molecule is C=CC1(O[SiH3])CCOC1. The number of rotatable bonds is 2. The Bertz CT molecular complexity index is 108. The molecule has 3 heteroatoms. The lowest BCUT2D eigenvalue weighted by molar-refractivity contribution is 0.0989. The first kappa shape index (κ1) is 6.99. The average Bonchev–Trinajstić information content (AvgIpc) is 2.36. The molecule has 2 nitrogen and oxygen atoms in total. The Morgan fingerprint density at radius 2 is 2.56 bits per heavy atom. The van der Waals surface area contributed by atoms with E-state index in [1.807, 2.05) is 6.08 Å². The molecule has 1 atom stereocenters. The summed E-state index contributed by atoms with van der Waals surface area (Å²) < 4.78 is 10.5. The number of ether oxygens (including phenoxy) is 1. The van der Waals surface area contributed by atoms with Crippen molar-refractivity contribution in [3.63, 3.8) is 0 Å². The van der Waals surface area contributed by atoms with Gasteiger partial charge in [0, 0.05) is 13.0 Å². The van der Waals surface area contributed by atoms with E-state index in [-0.39, 0.29) is 5.60 Å². The van der Waals surface area contributed by atoms with E-state index in [0.29, 0.717) is 6.61 Å². The van der Waals surface area contributed by atoms with Gasteiger partial charge in [-0.1, -0.05) is 6.08 Å². The lowest BCUT2D eigenvalue weighted by Gasteiger charge is -2.20. The molecule has 1 heterocycles. The van der Waals surface area contributed by atoms with Crippen LogP contribution in [0.15, 0.2) is 12.7 Å². The second-order valence-electron chi connectivity index (χ2n) is 2.28. The first-order valence-corrected chi connectivity index (χ1v) is 3.91. The lowest BCUT2D eigenvalue weighted by atomic mass is 10.1. The Morgan fingerprint density at radius 1 is 1.78 bits per heavy atom. The molecular weight excluding hydrogens is 132 g/mol. The fourth-order valence-electron chi connectivity index (χ4n) is 0.967. The van der Waals surface area contributed by atoms with E-state index >= 15 is 0 Å². The molecule has 0 aromatic rings. The van der Waals surface area contributed by atoms with Gasteiger partial charge in [0.2, 0.25) is 0 Å². The second-order valence-corrected chi connectivity index (χ2v) is 2.68. The van der Waals surface area contributed by atoms with Crippen molar-refractivity contribution in [2.24, 2.45) is 0 Å². The minimum absolute atomic E-state index is 0.119. The van der Waals surface area contributed by atoms with E-state index in [0.717, 1.165) is 23.5 Å². The molecule has 0 saturated carbocycles. The van der Waals surface area contributed by atoms with Crippen molar-refractivity contribution in [1.82, 2.24) is 0 Å². The lowest BCUT2D eigenvalue weighted by Crippen LogP contribution is -2.28. The summed E-state index contributed by atoms with van der Waals surface area (Å²) in [4.78, 5) is 0. The van der Waals surface area contributed by atoms with Gasteiger partial charge in [-0.15, -0.1) is 6.58 Å². The maximum absolute atomic E-state index is 5.34. The molecule has 0 aromatic carbocycles. The molecule has 0 aromatic heterocycles. The zero-order chi connectivity index (χ0) is 6.74. The van der Waals surface area contributed by atoms with Crippen LogP contribution in [0.4, 0.5) is 0 Å². The Hall–Kier alpha value is -0.123. The molecule has 9 heavy (non-hydrogen) atoms. The Labute approximate surface area is 58.4 Å². The van der Waals surface area contributed by atoms with Gasteiger partial charge >= 0.3 is 0 Å². The molecule has 0 spiro atoms. The highest BCUT2D eigenvalue weighted by Gasteiger charge is 2.30. The highest BCUT2D eigenvalue weighted by atomic mass is 28.2. The summed E-state index contributed by atoms with van der Waals surface area (Å²) in [6.45, 7) is 5.21. The summed E-state index contributed by atoms with van der Waals surface area (Å²) in [5.41, 5.74) is -0.119. The van der Waals surface area contributed by atoms with Crippen molar-refractivity contribution in [2.75, 3.05) is 13.2 Å². The van der Waals surface area contributed by atoms with Gasteiger partial charge in [-0.3, -0.25) is 0 Å². The van der Waals surface area contributed by atoms with Crippen molar-refractivity contribution in [3.8, 4) is 0 Å². The van der Waals surface area contributed by atoms with E-state index in [4.69, 9.17) is 9.16 Å². The van der Waals surface area contributed by atoms with Crippen molar-refractivity contribution in [3.05, 3.63) is 12.7 Å². The number of hydrogen-bond acceptors (Lipinski definition) is 2. The Balaban J connectivity index is 2.55. The van der Waals surface area contributed by atoms with E-state index in [1.54, 1.807) is 0 Å². The third-order valence-corrected chi connectivity index (χ3v) is 2.61. The molecule has 52 valence electrons. The fourth-order valence-corrected chi connectivity index (χ4v) is 1.46. The van der Waals surface area contributed by atoms with Crippen LogP contribution >= 0.6 is 0 Å². The molecular formula is C6H12O2Si. The van der Waals surface area contributed by atoms with Crippen LogP contribution in [0.1, 0.15) is 6.42 Å². The van der Waals surface area contributed by atoms with Crippen LogP contribution in [0.25, 0.3) is 0 Å². The van der Waals surface area contributed by atoms with E-state index in [1.165, 1.54) is 0 Å². The molecule has 0 amide bonds. The van der Waals surface area contributed by atoms with E-state index in [9.17, 15) is 0 Å². The summed E-state index contributed by atoms with van der Waals surface area (Å²) in [5, 5.41) is 0. The van der Waals surface area contributed by atoms with Crippen molar-refractivity contribution < 1.29 is 9.16 Å².